The van der Waals surface area contributed by atoms with Gasteiger partial charge >= 0.3 is 6.03 Å². The van der Waals surface area contributed by atoms with Crippen LogP contribution in [0.4, 0.5) is 10.5 Å². The summed E-state index contributed by atoms with van der Waals surface area (Å²) in [6.45, 7) is 9.95. The first-order chi connectivity index (χ1) is 16.7. The summed E-state index contributed by atoms with van der Waals surface area (Å²) in [4.78, 5) is 29.8. The predicted molar refractivity (Wildman–Crippen MR) is 139 cm³/mol. The summed E-state index contributed by atoms with van der Waals surface area (Å²) in [5, 5.41) is 15.4. The molecule has 2 aliphatic rings. The molecular weight excluding hydrogens is 444 g/mol. The molecule has 0 saturated heterocycles. The highest BCUT2D eigenvalue weighted by atomic mass is 16.5. The molecule has 1 fully saturated rings. The number of aliphatic hydroxyl groups excluding tert-OH is 1. The van der Waals surface area contributed by atoms with Crippen LogP contribution in [0.5, 0.6) is 5.75 Å². The van der Waals surface area contributed by atoms with Crippen molar-refractivity contribution in [2.75, 3.05) is 38.6 Å². The van der Waals surface area contributed by atoms with E-state index in [4.69, 9.17) is 4.74 Å². The molecule has 0 spiro atoms. The molecule has 1 aliphatic carbocycles. The Bertz CT molecular complexity index is 856. The average molecular weight is 489 g/mol. The number of aliphatic hydroxyl groups is 1. The van der Waals surface area contributed by atoms with Gasteiger partial charge in [0, 0.05) is 37.3 Å². The highest BCUT2D eigenvalue weighted by Crippen LogP contribution is 2.31. The first-order valence-corrected chi connectivity index (χ1v) is 13.2. The van der Waals surface area contributed by atoms with E-state index in [1.807, 2.05) is 20.8 Å². The molecule has 1 aromatic carbocycles. The molecule has 3 atom stereocenters. The van der Waals surface area contributed by atoms with Gasteiger partial charge in [0.05, 0.1) is 18.2 Å². The van der Waals surface area contributed by atoms with Crippen molar-refractivity contribution in [3.05, 3.63) is 23.8 Å². The van der Waals surface area contributed by atoms with Crippen molar-refractivity contribution in [2.24, 2.45) is 11.8 Å². The minimum Gasteiger partial charge on any atom is -0.488 e. The Labute approximate surface area is 210 Å². The van der Waals surface area contributed by atoms with Crippen LogP contribution in [0.1, 0.15) is 70.2 Å². The van der Waals surface area contributed by atoms with E-state index < -0.39 is 0 Å². The van der Waals surface area contributed by atoms with Crippen molar-refractivity contribution >= 4 is 17.6 Å². The van der Waals surface area contributed by atoms with Gasteiger partial charge in [-0.05, 0) is 64.8 Å². The van der Waals surface area contributed by atoms with Crippen LogP contribution in [0.2, 0.25) is 0 Å². The number of urea groups is 1. The zero-order valence-corrected chi connectivity index (χ0v) is 22.0. The maximum Gasteiger partial charge on any atom is 0.319 e. The largest absolute Gasteiger partial charge is 0.488 e. The monoisotopic (exact) mass is 488 g/mol. The Balaban J connectivity index is 1.83. The Morgan fingerprint density at radius 2 is 1.91 bits per heavy atom. The van der Waals surface area contributed by atoms with Gasteiger partial charge in [-0.25, -0.2) is 4.79 Å². The summed E-state index contributed by atoms with van der Waals surface area (Å²) in [6, 6.07) is 4.56. The molecule has 196 valence electrons. The zero-order chi connectivity index (χ0) is 25.5. The molecule has 8 heteroatoms. The number of ether oxygens (including phenoxy) is 1. The lowest BCUT2D eigenvalue weighted by Gasteiger charge is -2.38. The molecule has 3 rings (SSSR count). The second-order valence-electron chi connectivity index (χ2n) is 10.8. The highest BCUT2D eigenvalue weighted by molar-refractivity contribution is 5.99. The zero-order valence-electron chi connectivity index (χ0n) is 22.0. The highest BCUT2D eigenvalue weighted by Gasteiger charge is 2.34. The van der Waals surface area contributed by atoms with E-state index in [2.05, 4.69) is 29.5 Å². The lowest BCUT2D eigenvalue weighted by molar-refractivity contribution is 0.0330. The van der Waals surface area contributed by atoms with E-state index in [1.54, 1.807) is 23.1 Å². The molecule has 0 aromatic heterocycles. The Morgan fingerprint density at radius 1 is 1.20 bits per heavy atom. The van der Waals surface area contributed by atoms with Crippen molar-refractivity contribution in [3.63, 3.8) is 0 Å². The fourth-order valence-corrected chi connectivity index (χ4v) is 5.14. The number of fused-ring (bicyclic) bond motifs is 1. The third kappa shape index (κ3) is 7.58. The van der Waals surface area contributed by atoms with E-state index in [1.165, 1.54) is 32.1 Å². The van der Waals surface area contributed by atoms with Crippen LogP contribution in [0, 0.1) is 11.8 Å². The van der Waals surface area contributed by atoms with Crippen LogP contribution >= 0.6 is 0 Å². The van der Waals surface area contributed by atoms with Gasteiger partial charge in [0.1, 0.15) is 11.9 Å². The van der Waals surface area contributed by atoms with Crippen LogP contribution in [0.15, 0.2) is 18.2 Å². The number of nitrogens with one attached hydrogen (secondary N) is 2. The quantitative estimate of drug-likeness (QED) is 0.515. The summed E-state index contributed by atoms with van der Waals surface area (Å²) in [7, 11) is 2.16. The summed E-state index contributed by atoms with van der Waals surface area (Å²) in [6.07, 6.45) is 6.48. The number of carbonyl (C=O) groups is 2. The van der Waals surface area contributed by atoms with Crippen molar-refractivity contribution in [2.45, 2.75) is 78.0 Å². The van der Waals surface area contributed by atoms with Gasteiger partial charge in [-0.15, -0.1) is 0 Å². The Hall–Kier alpha value is -2.32. The van der Waals surface area contributed by atoms with Crippen molar-refractivity contribution in [1.82, 2.24) is 15.1 Å². The van der Waals surface area contributed by atoms with Gasteiger partial charge in [0.2, 0.25) is 0 Å². The predicted octanol–water partition coefficient (Wildman–Crippen LogP) is 3.95. The van der Waals surface area contributed by atoms with Crippen LogP contribution in [-0.2, 0) is 0 Å². The summed E-state index contributed by atoms with van der Waals surface area (Å²) < 4.78 is 6.49. The van der Waals surface area contributed by atoms with Gasteiger partial charge in [0.25, 0.3) is 5.91 Å². The first kappa shape index (κ1) is 27.3. The fraction of sp³-hybridized carbons (Fsp3) is 0.704. The number of hydrogen-bond donors (Lipinski definition) is 3. The van der Waals surface area contributed by atoms with E-state index in [-0.39, 0.29) is 42.7 Å². The molecule has 3 N–H and O–H groups in total. The van der Waals surface area contributed by atoms with E-state index in [0.717, 1.165) is 19.0 Å². The standard InChI is InChI=1S/C27H44N4O4/c1-18(2)28-27(34)29-22-11-12-24-23(13-22)26(33)31(20(4)17-32)14-19(3)25(35-24)16-30(5)15-21-9-7-6-8-10-21/h11-13,18-21,25,32H,6-10,14-17H2,1-5H3,(H2,28,29,34)/t19-,20+,25+/m0/s1. The Morgan fingerprint density at radius 3 is 2.57 bits per heavy atom. The summed E-state index contributed by atoms with van der Waals surface area (Å²) in [5.41, 5.74) is 0.925. The van der Waals surface area contributed by atoms with Gasteiger partial charge in [-0.1, -0.05) is 26.2 Å². The lowest BCUT2D eigenvalue weighted by Crippen LogP contribution is -2.50. The van der Waals surface area contributed by atoms with Gasteiger partial charge in [-0.3, -0.25) is 4.79 Å². The molecule has 0 unspecified atom stereocenters. The van der Waals surface area contributed by atoms with Gasteiger partial charge in [-0.2, -0.15) is 0 Å². The van der Waals surface area contributed by atoms with Crippen molar-refractivity contribution < 1.29 is 19.4 Å². The SMILES string of the molecule is CC(C)NC(=O)Nc1ccc2c(c1)C(=O)N([C@H](C)CO)C[C@H](C)[C@@H](CN(C)CC1CCCCC1)O2. The number of carbonyl (C=O) groups excluding carboxylic acids is 2. The topological polar surface area (TPSA) is 94.1 Å². The number of nitrogens with zero attached hydrogens (tertiary/aromatic N) is 2. The summed E-state index contributed by atoms with van der Waals surface area (Å²) >= 11 is 0. The Kier molecular flexibility index (Phi) is 9.80. The first-order valence-electron chi connectivity index (χ1n) is 13.2. The molecule has 35 heavy (non-hydrogen) atoms. The number of hydrogen-bond acceptors (Lipinski definition) is 5. The third-order valence-corrected chi connectivity index (χ3v) is 7.13. The smallest absolute Gasteiger partial charge is 0.319 e. The van der Waals surface area contributed by atoms with Crippen LogP contribution in [0.3, 0.4) is 0 Å². The lowest BCUT2D eigenvalue weighted by atomic mass is 9.89. The molecule has 1 aromatic rings. The number of anilines is 1. The second kappa shape index (κ2) is 12.6. The van der Waals surface area contributed by atoms with Crippen molar-refractivity contribution in [3.8, 4) is 5.75 Å². The maximum absolute atomic E-state index is 13.5. The molecule has 0 bridgehead atoms. The molecule has 1 aliphatic heterocycles. The normalized spacial score (nSPS) is 22.3. The molecule has 1 saturated carbocycles. The van der Waals surface area contributed by atoms with Crippen molar-refractivity contribution in [1.29, 1.82) is 0 Å². The summed E-state index contributed by atoms with van der Waals surface area (Å²) in [5.74, 6) is 1.14. The van der Waals surface area contributed by atoms with Gasteiger partial charge < -0.3 is 30.3 Å². The number of likely N-dealkylation sites (N-methyl/N-ethyl adjacent to an activating group) is 1. The van der Waals surface area contributed by atoms with E-state index >= 15 is 0 Å². The van der Waals surface area contributed by atoms with E-state index in [0.29, 0.717) is 23.5 Å². The minimum atomic E-state index is -0.324. The molecular formula is C27H44N4O4. The number of benzene rings is 1. The molecule has 0 radical (unpaired) electrons. The maximum atomic E-state index is 13.5. The number of amides is 3. The van der Waals surface area contributed by atoms with E-state index in [9.17, 15) is 14.7 Å². The molecule has 3 amide bonds. The third-order valence-electron chi connectivity index (χ3n) is 7.13. The van der Waals surface area contributed by atoms with Crippen LogP contribution in [0.25, 0.3) is 0 Å². The minimum absolute atomic E-state index is 0.00181. The average Bonchev–Trinajstić information content (AvgIpc) is 2.81. The van der Waals surface area contributed by atoms with Crippen LogP contribution < -0.4 is 15.4 Å². The molecule has 1 heterocycles. The number of rotatable bonds is 8. The van der Waals surface area contributed by atoms with Gasteiger partial charge in [0.15, 0.2) is 0 Å². The fourth-order valence-electron chi connectivity index (χ4n) is 5.14. The van der Waals surface area contributed by atoms with Crippen LogP contribution in [-0.4, -0.2) is 78.3 Å². The second-order valence-corrected chi connectivity index (χ2v) is 10.8. The molecule has 8 nitrogen and oxygen atoms in total.